The SMILES string of the molecule is CCCN(CC1CC1)c1cc2c(cc1N)NC(=O)CC2. The number of benzene rings is 1. The number of nitrogen functional groups attached to an aromatic ring is 1. The number of fused-ring (bicyclic) bond motifs is 1. The van der Waals surface area contributed by atoms with Crippen molar-refractivity contribution in [3.63, 3.8) is 0 Å². The Morgan fingerprint density at radius 1 is 1.35 bits per heavy atom. The van der Waals surface area contributed by atoms with Gasteiger partial charge in [-0.3, -0.25) is 4.79 Å². The summed E-state index contributed by atoms with van der Waals surface area (Å²) < 4.78 is 0. The molecule has 0 saturated heterocycles. The summed E-state index contributed by atoms with van der Waals surface area (Å²) in [6.45, 7) is 4.36. The Bertz CT molecular complexity index is 523. The molecule has 4 heteroatoms. The van der Waals surface area contributed by atoms with Crippen LogP contribution in [0.1, 0.15) is 38.2 Å². The first-order valence-corrected chi connectivity index (χ1v) is 7.64. The number of nitrogens with zero attached hydrogens (tertiary/aromatic N) is 1. The van der Waals surface area contributed by atoms with Crippen LogP contribution in [0.2, 0.25) is 0 Å². The molecule has 1 amide bonds. The first kappa shape index (κ1) is 13.3. The fourth-order valence-corrected chi connectivity index (χ4v) is 2.90. The maximum atomic E-state index is 11.4. The zero-order valence-corrected chi connectivity index (χ0v) is 12.1. The van der Waals surface area contributed by atoms with E-state index in [9.17, 15) is 4.79 Å². The monoisotopic (exact) mass is 273 g/mol. The summed E-state index contributed by atoms with van der Waals surface area (Å²) in [6, 6.07) is 4.11. The minimum Gasteiger partial charge on any atom is -0.397 e. The van der Waals surface area contributed by atoms with E-state index in [-0.39, 0.29) is 5.91 Å². The van der Waals surface area contributed by atoms with Crippen molar-refractivity contribution in [2.75, 3.05) is 29.0 Å². The van der Waals surface area contributed by atoms with Gasteiger partial charge in [0.1, 0.15) is 0 Å². The Morgan fingerprint density at radius 3 is 2.85 bits per heavy atom. The Hall–Kier alpha value is -1.71. The van der Waals surface area contributed by atoms with Gasteiger partial charge >= 0.3 is 0 Å². The van der Waals surface area contributed by atoms with Crippen LogP contribution in [0.5, 0.6) is 0 Å². The summed E-state index contributed by atoms with van der Waals surface area (Å²) in [4.78, 5) is 13.9. The Balaban J connectivity index is 1.88. The zero-order valence-electron chi connectivity index (χ0n) is 12.1. The fraction of sp³-hybridized carbons (Fsp3) is 0.562. The molecule has 1 aliphatic heterocycles. The molecule has 0 radical (unpaired) electrons. The van der Waals surface area contributed by atoms with E-state index in [0.29, 0.717) is 6.42 Å². The molecule has 0 bridgehead atoms. The van der Waals surface area contributed by atoms with Crippen molar-refractivity contribution in [1.82, 2.24) is 0 Å². The van der Waals surface area contributed by atoms with E-state index >= 15 is 0 Å². The first-order valence-electron chi connectivity index (χ1n) is 7.64. The Morgan fingerprint density at radius 2 is 2.15 bits per heavy atom. The molecule has 1 heterocycles. The van der Waals surface area contributed by atoms with E-state index in [2.05, 4.69) is 23.2 Å². The number of anilines is 3. The van der Waals surface area contributed by atoms with E-state index < -0.39 is 0 Å². The third-order valence-electron chi connectivity index (χ3n) is 4.16. The Labute approximate surface area is 120 Å². The summed E-state index contributed by atoms with van der Waals surface area (Å²) in [5.41, 5.74) is 10.3. The van der Waals surface area contributed by atoms with Crippen LogP contribution in [-0.2, 0) is 11.2 Å². The van der Waals surface area contributed by atoms with Crippen molar-refractivity contribution in [3.05, 3.63) is 17.7 Å². The van der Waals surface area contributed by atoms with Crippen LogP contribution in [-0.4, -0.2) is 19.0 Å². The van der Waals surface area contributed by atoms with Crippen molar-refractivity contribution in [1.29, 1.82) is 0 Å². The van der Waals surface area contributed by atoms with Gasteiger partial charge < -0.3 is 16.0 Å². The minimum absolute atomic E-state index is 0.0908. The van der Waals surface area contributed by atoms with Gasteiger partial charge in [-0.05, 0) is 49.3 Å². The molecule has 4 nitrogen and oxygen atoms in total. The number of carbonyl (C=O) groups excluding carboxylic acids is 1. The second kappa shape index (κ2) is 5.35. The standard InChI is InChI=1S/C16H23N3O/c1-2-7-19(10-11-3-4-11)15-8-12-5-6-16(20)18-14(12)9-13(15)17/h8-9,11H,2-7,10,17H2,1H3,(H,18,20). The predicted octanol–water partition coefficient (Wildman–Crippen LogP) is 2.78. The smallest absolute Gasteiger partial charge is 0.224 e. The van der Waals surface area contributed by atoms with Gasteiger partial charge in [0, 0.05) is 25.2 Å². The van der Waals surface area contributed by atoms with Gasteiger partial charge in [-0.1, -0.05) is 6.92 Å². The van der Waals surface area contributed by atoms with E-state index in [1.54, 1.807) is 0 Å². The van der Waals surface area contributed by atoms with Crippen LogP contribution >= 0.6 is 0 Å². The number of hydrogen-bond acceptors (Lipinski definition) is 3. The molecule has 0 aromatic heterocycles. The maximum absolute atomic E-state index is 11.4. The minimum atomic E-state index is 0.0908. The summed E-state index contributed by atoms with van der Waals surface area (Å²) in [5, 5.41) is 2.91. The lowest BCUT2D eigenvalue weighted by Gasteiger charge is -2.28. The first-order chi connectivity index (χ1) is 9.67. The molecule has 1 saturated carbocycles. The maximum Gasteiger partial charge on any atom is 0.224 e. The molecule has 20 heavy (non-hydrogen) atoms. The van der Waals surface area contributed by atoms with Crippen molar-refractivity contribution >= 4 is 23.0 Å². The quantitative estimate of drug-likeness (QED) is 0.811. The molecule has 1 aliphatic carbocycles. The number of carbonyl (C=O) groups is 1. The lowest BCUT2D eigenvalue weighted by molar-refractivity contribution is -0.116. The van der Waals surface area contributed by atoms with Gasteiger partial charge in [0.25, 0.3) is 0 Å². The van der Waals surface area contributed by atoms with Gasteiger partial charge in [0.15, 0.2) is 0 Å². The number of nitrogens with one attached hydrogen (secondary N) is 1. The van der Waals surface area contributed by atoms with Crippen molar-refractivity contribution in [2.45, 2.75) is 39.0 Å². The molecule has 2 aliphatic rings. The number of rotatable bonds is 5. The highest BCUT2D eigenvalue weighted by Crippen LogP contribution is 2.36. The molecule has 1 fully saturated rings. The molecule has 108 valence electrons. The molecule has 1 aromatic rings. The number of hydrogen-bond donors (Lipinski definition) is 2. The summed E-state index contributed by atoms with van der Waals surface area (Å²) in [6.07, 6.45) is 5.22. The second-order valence-electron chi connectivity index (χ2n) is 6.01. The van der Waals surface area contributed by atoms with Crippen LogP contribution in [0, 0.1) is 5.92 Å². The van der Waals surface area contributed by atoms with Gasteiger partial charge in [-0.25, -0.2) is 0 Å². The molecule has 0 atom stereocenters. The van der Waals surface area contributed by atoms with Gasteiger partial charge in [-0.15, -0.1) is 0 Å². The predicted molar refractivity (Wildman–Crippen MR) is 83.0 cm³/mol. The highest BCUT2D eigenvalue weighted by atomic mass is 16.1. The van der Waals surface area contributed by atoms with Crippen LogP contribution in [0.4, 0.5) is 17.1 Å². The highest BCUT2D eigenvalue weighted by Gasteiger charge is 2.26. The summed E-state index contributed by atoms with van der Waals surface area (Å²) in [5.74, 6) is 0.935. The normalized spacial score (nSPS) is 17.6. The van der Waals surface area contributed by atoms with Gasteiger partial charge in [0.05, 0.1) is 11.4 Å². The lowest BCUT2D eigenvalue weighted by Crippen LogP contribution is -2.28. The molecule has 3 N–H and O–H groups in total. The summed E-state index contributed by atoms with van der Waals surface area (Å²) in [7, 11) is 0. The van der Waals surface area contributed by atoms with Crippen LogP contribution in [0.3, 0.4) is 0 Å². The van der Waals surface area contributed by atoms with Gasteiger partial charge in [0.2, 0.25) is 5.91 Å². The molecular formula is C16H23N3O. The second-order valence-corrected chi connectivity index (χ2v) is 6.01. The Kier molecular flexibility index (Phi) is 3.55. The van der Waals surface area contributed by atoms with Crippen molar-refractivity contribution in [3.8, 4) is 0 Å². The number of aryl methyl sites for hydroxylation is 1. The summed E-state index contributed by atoms with van der Waals surface area (Å²) >= 11 is 0. The number of amides is 1. The van der Waals surface area contributed by atoms with E-state index in [1.165, 1.54) is 18.4 Å². The average molecular weight is 273 g/mol. The van der Waals surface area contributed by atoms with E-state index in [4.69, 9.17) is 5.73 Å². The molecule has 0 unspecified atom stereocenters. The van der Waals surface area contributed by atoms with Crippen molar-refractivity contribution in [2.24, 2.45) is 5.92 Å². The molecule has 1 aromatic carbocycles. The van der Waals surface area contributed by atoms with E-state index in [1.807, 2.05) is 6.07 Å². The third kappa shape index (κ3) is 2.74. The van der Waals surface area contributed by atoms with Crippen molar-refractivity contribution < 1.29 is 4.79 Å². The van der Waals surface area contributed by atoms with Crippen LogP contribution in [0.25, 0.3) is 0 Å². The topological polar surface area (TPSA) is 58.4 Å². The lowest BCUT2D eigenvalue weighted by atomic mass is 10.0. The third-order valence-corrected chi connectivity index (χ3v) is 4.16. The van der Waals surface area contributed by atoms with Gasteiger partial charge in [-0.2, -0.15) is 0 Å². The highest BCUT2D eigenvalue weighted by molar-refractivity contribution is 5.95. The molecule has 3 rings (SSSR count). The van der Waals surface area contributed by atoms with E-state index in [0.717, 1.165) is 48.9 Å². The van der Waals surface area contributed by atoms with Crippen LogP contribution < -0.4 is 16.0 Å². The zero-order chi connectivity index (χ0) is 14.1. The molecule has 0 spiro atoms. The van der Waals surface area contributed by atoms with Crippen LogP contribution in [0.15, 0.2) is 12.1 Å². The average Bonchev–Trinajstić information content (AvgIpc) is 3.21. The molecular weight excluding hydrogens is 250 g/mol. The fourth-order valence-electron chi connectivity index (χ4n) is 2.90. The number of nitrogens with two attached hydrogens (primary N) is 1. The largest absolute Gasteiger partial charge is 0.397 e.